The van der Waals surface area contributed by atoms with Crippen LogP contribution >= 0.6 is 0 Å². The molecule has 0 atom stereocenters. The molecular formula is C37H67NO2. The van der Waals surface area contributed by atoms with Crippen LogP contribution in [0.4, 0.5) is 5.69 Å². The van der Waals surface area contributed by atoms with Gasteiger partial charge in [-0.15, -0.1) is 0 Å². The van der Waals surface area contributed by atoms with Crippen LogP contribution < -0.4 is 4.90 Å². The number of hydrogen-bond donors (Lipinski definition) is 0. The van der Waals surface area contributed by atoms with E-state index < -0.39 is 0 Å². The molecule has 0 bridgehead atoms. The van der Waals surface area contributed by atoms with Crippen molar-refractivity contribution in [1.82, 2.24) is 0 Å². The second-order valence-electron chi connectivity index (χ2n) is 12.1. The van der Waals surface area contributed by atoms with E-state index in [-0.39, 0.29) is 5.97 Å². The summed E-state index contributed by atoms with van der Waals surface area (Å²) in [5.41, 5.74) is 1.94. The van der Waals surface area contributed by atoms with Gasteiger partial charge in [-0.3, -0.25) is 0 Å². The number of carbonyl (C=O) groups is 1. The Morgan fingerprint density at radius 1 is 0.500 bits per heavy atom. The predicted octanol–water partition coefficient (Wildman–Crippen LogP) is 12.1. The molecule has 0 saturated heterocycles. The summed E-state index contributed by atoms with van der Waals surface area (Å²) in [6.07, 6.45) is 31.7. The summed E-state index contributed by atoms with van der Waals surface area (Å²) in [5, 5.41) is 0. The molecule has 0 unspecified atom stereocenters. The first-order valence-electron chi connectivity index (χ1n) is 17.7. The first kappa shape index (κ1) is 36.5. The van der Waals surface area contributed by atoms with Gasteiger partial charge in [0.15, 0.2) is 0 Å². The van der Waals surface area contributed by atoms with Gasteiger partial charge in [0.2, 0.25) is 0 Å². The highest BCUT2D eigenvalue weighted by atomic mass is 16.5. The Labute approximate surface area is 250 Å². The van der Waals surface area contributed by atoms with Crippen LogP contribution in [0.25, 0.3) is 0 Å². The van der Waals surface area contributed by atoms with Crippen LogP contribution in [-0.2, 0) is 4.74 Å². The van der Waals surface area contributed by atoms with Crippen molar-refractivity contribution in [3.8, 4) is 0 Å². The lowest BCUT2D eigenvalue weighted by molar-refractivity contribution is 0.0497. The van der Waals surface area contributed by atoms with Crippen LogP contribution in [0.1, 0.15) is 185 Å². The summed E-state index contributed by atoms with van der Waals surface area (Å²) < 4.78 is 5.57. The molecule has 232 valence electrons. The van der Waals surface area contributed by atoms with Crippen molar-refractivity contribution in [3.63, 3.8) is 0 Å². The van der Waals surface area contributed by atoms with E-state index in [1.807, 2.05) is 12.1 Å². The lowest BCUT2D eigenvalue weighted by Crippen LogP contribution is -2.25. The molecule has 0 aromatic heterocycles. The van der Waals surface area contributed by atoms with E-state index in [1.54, 1.807) is 0 Å². The minimum absolute atomic E-state index is 0.174. The first-order chi connectivity index (χ1) is 19.7. The first-order valence-corrected chi connectivity index (χ1v) is 17.7. The minimum atomic E-state index is -0.174. The molecule has 0 aliphatic rings. The highest BCUT2D eigenvalue weighted by Gasteiger charge is 2.10. The molecule has 0 amide bonds. The van der Waals surface area contributed by atoms with Gasteiger partial charge in [-0.1, -0.05) is 156 Å². The molecule has 0 heterocycles. The van der Waals surface area contributed by atoms with E-state index in [0.717, 1.165) is 25.9 Å². The van der Waals surface area contributed by atoms with E-state index in [9.17, 15) is 4.79 Å². The molecule has 0 N–H and O–H groups in total. The van der Waals surface area contributed by atoms with E-state index in [0.29, 0.717) is 12.2 Å². The van der Waals surface area contributed by atoms with Crippen LogP contribution in [0, 0.1) is 0 Å². The molecule has 3 nitrogen and oxygen atoms in total. The fourth-order valence-electron chi connectivity index (χ4n) is 5.54. The third-order valence-corrected chi connectivity index (χ3v) is 8.26. The maximum absolute atomic E-state index is 12.6. The van der Waals surface area contributed by atoms with E-state index in [1.165, 1.54) is 147 Å². The topological polar surface area (TPSA) is 29.5 Å². The third kappa shape index (κ3) is 20.4. The maximum Gasteiger partial charge on any atom is 0.338 e. The molecule has 1 rings (SSSR count). The third-order valence-electron chi connectivity index (χ3n) is 8.26. The molecule has 0 aliphatic carbocycles. The average Bonchev–Trinajstić information content (AvgIpc) is 2.98. The van der Waals surface area contributed by atoms with Gasteiger partial charge >= 0.3 is 5.97 Å². The predicted molar refractivity (Wildman–Crippen MR) is 177 cm³/mol. The van der Waals surface area contributed by atoms with Gasteiger partial charge in [-0.05, 0) is 43.5 Å². The minimum Gasteiger partial charge on any atom is -0.462 e. The van der Waals surface area contributed by atoms with Crippen LogP contribution in [-0.4, -0.2) is 25.7 Å². The Morgan fingerprint density at radius 2 is 0.850 bits per heavy atom. The van der Waals surface area contributed by atoms with Crippen molar-refractivity contribution >= 4 is 11.7 Å². The Morgan fingerprint density at radius 3 is 1.25 bits per heavy atom. The van der Waals surface area contributed by atoms with Crippen molar-refractivity contribution in [2.45, 2.75) is 175 Å². The zero-order valence-corrected chi connectivity index (χ0v) is 27.2. The number of benzene rings is 1. The molecular weight excluding hydrogens is 490 g/mol. The summed E-state index contributed by atoms with van der Waals surface area (Å²) in [5.74, 6) is -0.174. The van der Waals surface area contributed by atoms with Gasteiger partial charge in [0.25, 0.3) is 0 Å². The molecule has 3 heteroatoms. The van der Waals surface area contributed by atoms with Crippen LogP contribution in [0.5, 0.6) is 0 Å². The normalized spacial score (nSPS) is 11.2. The molecule has 40 heavy (non-hydrogen) atoms. The quantitative estimate of drug-likeness (QED) is 0.0724. The van der Waals surface area contributed by atoms with Gasteiger partial charge in [0, 0.05) is 18.8 Å². The van der Waals surface area contributed by atoms with Crippen LogP contribution in [0.15, 0.2) is 24.3 Å². The lowest BCUT2D eigenvalue weighted by Gasteiger charge is -2.25. The van der Waals surface area contributed by atoms with Gasteiger partial charge in [-0.2, -0.15) is 0 Å². The summed E-state index contributed by atoms with van der Waals surface area (Å²) in [6, 6.07) is 8.23. The molecule has 0 spiro atoms. The summed E-state index contributed by atoms with van der Waals surface area (Å²) in [4.78, 5) is 15.1. The second-order valence-corrected chi connectivity index (χ2v) is 12.1. The van der Waals surface area contributed by atoms with Crippen LogP contribution in [0.3, 0.4) is 0 Å². The molecule has 0 radical (unpaired) electrons. The van der Waals surface area contributed by atoms with Gasteiger partial charge in [-0.25, -0.2) is 4.79 Å². The number of esters is 1. The van der Waals surface area contributed by atoms with Crippen LogP contribution in [0.2, 0.25) is 0 Å². The van der Waals surface area contributed by atoms with E-state index in [4.69, 9.17) is 4.74 Å². The van der Waals surface area contributed by atoms with Crippen molar-refractivity contribution in [2.75, 3.05) is 24.6 Å². The monoisotopic (exact) mass is 558 g/mol. The van der Waals surface area contributed by atoms with Crippen molar-refractivity contribution in [1.29, 1.82) is 0 Å². The van der Waals surface area contributed by atoms with Crippen molar-refractivity contribution in [3.05, 3.63) is 29.8 Å². The smallest absolute Gasteiger partial charge is 0.338 e. The Balaban J connectivity index is 2.42. The number of carbonyl (C=O) groups excluding carboxylic acids is 1. The summed E-state index contributed by atoms with van der Waals surface area (Å²) in [7, 11) is 0. The highest BCUT2D eigenvalue weighted by Crippen LogP contribution is 2.20. The zero-order chi connectivity index (χ0) is 28.9. The van der Waals surface area contributed by atoms with Gasteiger partial charge < -0.3 is 9.64 Å². The van der Waals surface area contributed by atoms with Crippen molar-refractivity contribution in [2.24, 2.45) is 0 Å². The number of hydrogen-bond acceptors (Lipinski definition) is 3. The molecule has 0 saturated carbocycles. The largest absolute Gasteiger partial charge is 0.462 e. The molecule has 1 aromatic rings. The number of ether oxygens (including phenoxy) is 1. The zero-order valence-electron chi connectivity index (χ0n) is 27.2. The number of nitrogens with zero attached hydrogens (tertiary/aromatic N) is 1. The molecule has 0 fully saturated rings. The summed E-state index contributed by atoms with van der Waals surface area (Å²) >= 11 is 0. The van der Waals surface area contributed by atoms with Gasteiger partial charge in [0.1, 0.15) is 0 Å². The lowest BCUT2D eigenvalue weighted by atomic mass is 10.1. The highest BCUT2D eigenvalue weighted by molar-refractivity contribution is 5.89. The fraction of sp³-hybridized carbons (Fsp3) is 0.811. The number of anilines is 1. The fourth-order valence-corrected chi connectivity index (χ4v) is 5.54. The van der Waals surface area contributed by atoms with Crippen molar-refractivity contribution < 1.29 is 9.53 Å². The Bertz CT molecular complexity index is 651. The maximum atomic E-state index is 12.6. The average molecular weight is 558 g/mol. The standard InChI is InChI=1S/C37H67NO2/c1-4-7-10-13-16-19-22-25-32-38(33-26-23-20-17-14-11-8-5-2)36-30-28-35(29-31-36)37(39)40-34-27-24-21-18-15-12-9-6-3/h28-31H,4-27,32-34H2,1-3H3. The SMILES string of the molecule is CCCCCCCCCCOC(=O)c1ccc(N(CCCCCCCCCC)CCCCCCCCCC)cc1. The number of unbranched alkanes of at least 4 members (excludes halogenated alkanes) is 21. The summed E-state index contributed by atoms with van der Waals surface area (Å²) in [6.45, 7) is 9.61. The van der Waals surface area contributed by atoms with Gasteiger partial charge in [0.05, 0.1) is 12.2 Å². The second kappa shape index (κ2) is 27.6. The molecule has 0 aliphatic heterocycles. The van der Waals surface area contributed by atoms with E-state index >= 15 is 0 Å². The Kier molecular flexibility index (Phi) is 25.2. The number of rotatable bonds is 29. The Hall–Kier alpha value is -1.51. The van der Waals surface area contributed by atoms with E-state index in [2.05, 4.69) is 37.8 Å². The molecule has 1 aromatic carbocycles.